The fourth-order valence-corrected chi connectivity index (χ4v) is 8.82. The molecule has 4 aromatic rings. The van der Waals surface area contributed by atoms with Crippen LogP contribution in [0.3, 0.4) is 0 Å². The van der Waals surface area contributed by atoms with Crippen molar-refractivity contribution in [2.45, 2.75) is 55.8 Å². The number of halogens is 6. The molecular weight excluding hydrogens is 651 g/mol. The van der Waals surface area contributed by atoms with Crippen LogP contribution in [0.4, 0.5) is 32.8 Å². The third-order valence-corrected chi connectivity index (χ3v) is 11.3. The lowest BCUT2D eigenvalue weighted by Gasteiger charge is -2.32. The molecule has 5 heterocycles. The molecule has 2 aromatic carbocycles. The molecule has 8 nitrogen and oxygen atoms in total. The van der Waals surface area contributed by atoms with Crippen LogP contribution in [0.25, 0.3) is 32.1 Å². The average Bonchev–Trinajstić information content (AvgIpc) is 3.58. The van der Waals surface area contributed by atoms with Crippen LogP contribution < -0.4 is 20.1 Å². The highest BCUT2D eigenvalue weighted by Gasteiger charge is 2.57. The van der Waals surface area contributed by atoms with E-state index in [0.29, 0.717) is 13.0 Å². The van der Waals surface area contributed by atoms with E-state index in [0.717, 1.165) is 30.4 Å². The molecule has 4 aliphatic rings. The average molecular weight is 677 g/mol. The van der Waals surface area contributed by atoms with Crippen molar-refractivity contribution < 1.29 is 31.4 Å². The monoisotopic (exact) mass is 676 g/mol. The summed E-state index contributed by atoms with van der Waals surface area (Å²) in [5.41, 5.74) is 3.45. The molecular formula is C31H26ClF5N6O2S. The molecule has 0 radical (unpaired) electrons. The van der Waals surface area contributed by atoms with E-state index in [1.165, 1.54) is 11.0 Å². The summed E-state index contributed by atoms with van der Waals surface area (Å²) < 4.78 is 87.6. The second-order valence-electron chi connectivity index (χ2n) is 12.4. The maximum atomic E-state index is 17.0. The van der Waals surface area contributed by atoms with Gasteiger partial charge >= 0.3 is 6.01 Å². The SMILES string of the molecule is N#Cc1c(N)sc2c(F)ccc(-c3c(Cl)c4c5c(nc(OC[C@@]67CCCN6C[C@H](F)C7)nc5c3F)N(C3(C(F)F)CC3)CCO4)c12. The first-order valence-electron chi connectivity index (χ1n) is 14.9. The Hall–Kier alpha value is -3.67. The van der Waals surface area contributed by atoms with Crippen LogP contribution in [0.2, 0.25) is 5.02 Å². The quantitative estimate of drug-likeness (QED) is 0.222. The molecule has 2 atom stereocenters. The molecule has 0 amide bonds. The number of aromatic nitrogens is 2. The predicted octanol–water partition coefficient (Wildman–Crippen LogP) is 6.85. The smallest absolute Gasteiger partial charge is 0.319 e. The molecule has 2 aromatic heterocycles. The normalized spacial score (nSPS) is 23.5. The number of nitriles is 1. The minimum atomic E-state index is -2.73. The Kier molecular flexibility index (Phi) is 6.73. The van der Waals surface area contributed by atoms with Crippen molar-refractivity contribution in [1.29, 1.82) is 5.26 Å². The first kappa shape index (κ1) is 29.7. The van der Waals surface area contributed by atoms with E-state index in [1.54, 1.807) is 0 Å². The zero-order valence-corrected chi connectivity index (χ0v) is 25.8. The zero-order chi connectivity index (χ0) is 32.1. The van der Waals surface area contributed by atoms with Gasteiger partial charge in [0.15, 0.2) is 11.6 Å². The van der Waals surface area contributed by atoms with E-state index in [-0.39, 0.29) is 104 Å². The zero-order valence-electron chi connectivity index (χ0n) is 24.2. The second kappa shape index (κ2) is 10.4. The van der Waals surface area contributed by atoms with Gasteiger partial charge in [0.25, 0.3) is 6.43 Å². The molecule has 3 fully saturated rings. The summed E-state index contributed by atoms with van der Waals surface area (Å²) in [5, 5.41) is 9.77. The highest BCUT2D eigenvalue weighted by atomic mass is 35.5. The molecule has 46 heavy (non-hydrogen) atoms. The fourth-order valence-electron chi connectivity index (χ4n) is 7.54. The number of nitrogen functional groups attached to an aromatic ring is 1. The standard InChI is InChI=1S/C31H26ClF5N6O2S/c32-21-19(15-2-3-17(34)25-18(15)16(11-38)26(39)46-25)22(35)23-20-24(21)44-9-8-43(31(5-6-31)28(36)37)27(20)41-29(40-23)45-13-30-4-1-7-42(30)12-14(33)10-30/h2-3,14,28H,1,4-10,12-13,39H2/t14-,30+/m1/s1. The lowest BCUT2D eigenvalue weighted by atomic mass is 9.95. The van der Waals surface area contributed by atoms with Gasteiger partial charge in [-0.1, -0.05) is 17.7 Å². The Bertz CT molecular complexity index is 1980. The van der Waals surface area contributed by atoms with Crippen LogP contribution in [-0.4, -0.2) is 71.4 Å². The summed E-state index contributed by atoms with van der Waals surface area (Å²) in [5.74, 6) is -1.64. The minimum Gasteiger partial charge on any atom is -0.489 e. The van der Waals surface area contributed by atoms with Gasteiger partial charge in [-0.2, -0.15) is 15.2 Å². The molecule has 2 N–H and O–H groups in total. The van der Waals surface area contributed by atoms with Gasteiger partial charge in [0.1, 0.15) is 53.1 Å². The van der Waals surface area contributed by atoms with E-state index in [2.05, 4.69) is 9.97 Å². The Morgan fingerprint density at radius 1 is 1.20 bits per heavy atom. The topological polar surface area (TPSA) is 101 Å². The van der Waals surface area contributed by atoms with Gasteiger partial charge in [-0.15, -0.1) is 11.3 Å². The van der Waals surface area contributed by atoms with E-state index in [4.69, 9.17) is 26.8 Å². The number of ether oxygens (including phenoxy) is 2. The van der Waals surface area contributed by atoms with E-state index >= 15 is 4.39 Å². The van der Waals surface area contributed by atoms with E-state index in [1.807, 2.05) is 11.0 Å². The second-order valence-corrected chi connectivity index (χ2v) is 13.8. The lowest BCUT2D eigenvalue weighted by molar-refractivity contribution is 0.0977. The summed E-state index contributed by atoms with van der Waals surface area (Å²) in [6, 6.07) is 4.14. The highest BCUT2D eigenvalue weighted by molar-refractivity contribution is 7.23. The van der Waals surface area contributed by atoms with Gasteiger partial charge in [0.05, 0.1) is 32.8 Å². The maximum absolute atomic E-state index is 17.0. The predicted molar refractivity (Wildman–Crippen MR) is 164 cm³/mol. The van der Waals surface area contributed by atoms with Crippen molar-refractivity contribution in [1.82, 2.24) is 14.9 Å². The summed E-state index contributed by atoms with van der Waals surface area (Å²) in [6.07, 6.45) is -1.52. The molecule has 0 bridgehead atoms. The van der Waals surface area contributed by atoms with Gasteiger partial charge < -0.3 is 20.1 Å². The number of hydrogen-bond donors (Lipinski definition) is 1. The van der Waals surface area contributed by atoms with Crippen LogP contribution in [0.15, 0.2) is 12.1 Å². The van der Waals surface area contributed by atoms with Crippen LogP contribution in [-0.2, 0) is 0 Å². The van der Waals surface area contributed by atoms with Gasteiger partial charge in [-0.25, -0.2) is 22.0 Å². The van der Waals surface area contributed by atoms with E-state index < -0.39 is 35.3 Å². The largest absolute Gasteiger partial charge is 0.489 e. The molecule has 0 unspecified atom stereocenters. The van der Waals surface area contributed by atoms with Gasteiger partial charge in [0.2, 0.25) is 0 Å². The van der Waals surface area contributed by atoms with Crippen molar-refractivity contribution in [3.8, 4) is 29.0 Å². The maximum Gasteiger partial charge on any atom is 0.319 e. The Labute approximate surface area is 268 Å². The number of nitrogens with two attached hydrogens (primary N) is 1. The Morgan fingerprint density at radius 3 is 2.74 bits per heavy atom. The minimum absolute atomic E-state index is 0.000457. The van der Waals surface area contributed by atoms with E-state index in [9.17, 15) is 22.8 Å². The number of benzene rings is 2. The van der Waals surface area contributed by atoms with Crippen molar-refractivity contribution in [2.24, 2.45) is 0 Å². The molecule has 8 rings (SSSR count). The summed E-state index contributed by atoms with van der Waals surface area (Å²) in [6.45, 7) is 0.963. The Morgan fingerprint density at radius 2 is 2.00 bits per heavy atom. The fraction of sp³-hybridized carbons (Fsp3) is 0.452. The number of thiophene rings is 1. The third-order valence-electron chi connectivity index (χ3n) is 9.90. The Balaban J connectivity index is 1.36. The van der Waals surface area contributed by atoms with Crippen LogP contribution in [0.5, 0.6) is 11.8 Å². The van der Waals surface area contributed by atoms with Crippen molar-refractivity contribution in [2.75, 3.05) is 43.5 Å². The summed E-state index contributed by atoms with van der Waals surface area (Å²) in [7, 11) is 0. The number of hydrogen-bond acceptors (Lipinski definition) is 9. The first-order chi connectivity index (χ1) is 22.1. The van der Waals surface area contributed by atoms with Gasteiger partial charge in [-0.05, 0) is 43.9 Å². The molecule has 15 heteroatoms. The van der Waals surface area contributed by atoms with Gasteiger partial charge in [-0.3, -0.25) is 4.90 Å². The van der Waals surface area contributed by atoms with Crippen molar-refractivity contribution in [3.63, 3.8) is 0 Å². The molecule has 2 saturated heterocycles. The number of alkyl halides is 3. The molecule has 0 spiro atoms. The summed E-state index contributed by atoms with van der Waals surface area (Å²) >= 11 is 7.74. The highest BCUT2D eigenvalue weighted by Crippen LogP contribution is 2.55. The number of nitrogens with zero attached hydrogens (tertiary/aromatic N) is 5. The molecule has 1 aliphatic carbocycles. The third kappa shape index (κ3) is 4.17. The molecule has 240 valence electrons. The number of fused-ring (bicyclic) bond motifs is 2. The van der Waals surface area contributed by atoms with Crippen molar-refractivity contribution >= 4 is 54.7 Å². The van der Waals surface area contributed by atoms with Crippen LogP contribution >= 0.6 is 22.9 Å². The molecule has 3 aliphatic heterocycles. The van der Waals surface area contributed by atoms with Gasteiger partial charge in [0, 0.05) is 23.9 Å². The number of rotatable bonds is 6. The number of anilines is 2. The first-order valence-corrected chi connectivity index (χ1v) is 16.1. The summed E-state index contributed by atoms with van der Waals surface area (Å²) in [4.78, 5) is 12.5. The molecule has 1 saturated carbocycles. The lowest BCUT2D eigenvalue weighted by Crippen LogP contribution is -2.45. The van der Waals surface area contributed by atoms with Crippen LogP contribution in [0.1, 0.15) is 37.7 Å². The van der Waals surface area contributed by atoms with Crippen molar-refractivity contribution in [3.05, 3.63) is 34.4 Å². The van der Waals surface area contributed by atoms with Crippen LogP contribution in [0, 0.1) is 23.0 Å².